The standard InChI is InChI=1S/C19H28N4O2/c1-4-18(2,3)15-7-9-19(10-8-15)16(24)23(17(25)22-19)13-14(12-21)6-5-11-20/h14-15H,4-10,13H2,1-3H3,(H,22,25)/t14-,15?,19?/m1/s1. The summed E-state index contributed by atoms with van der Waals surface area (Å²) in [5.41, 5.74) is -0.539. The highest BCUT2D eigenvalue weighted by atomic mass is 16.2. The number of hydrogen-bond donors (Lipinski definition) is 1. The third-order valence-corrected chi connectivity index (χ3v) is 6.29. The molecule has 1 saturated carbocycles. The molecule has 0 aromatic carbocycles. The summed E-state index contributed by atoms with van der Waals surface area (Å²) < 4.78 is 0. The molecule has 0 aromatic rings. The maximum Gasteiger partial charge on any atom is 0.325 e. The third-order valence-electron chi connectivity index (χ3n) is 6.29. The fourth-order valence-corrected chi connectivity index (χ4v) is 4.02. The highest BCUT2D eigenvalue weighted by molar-refractivity contribution is 6.07. The van der Waals surface area contributed by atoms with E-state index in [1.807, 2.05) is 6.07 Å². The summed E-state index contributed by atoms with van der Waals surface area (Å²) in [6, 6.07) is 3.72. The number of rotatable bonds is 6. The number of nitrogens with one attached hydrogen (secondary N) is 1. The maximum atomic E-state index is 12.9. The fraction of sp³-hybridized carbons (Fsp3) is 0.789. The number of imide groups is 1. The Hall–Kier alpha value is -2.08. The first kappa shape index (κ1) is 19.2. The molecule has 2 rings (SSSR count). The van der Waals surface area contributed by atoms with Crippen LogP contribution < -0.4 is 5.32 Å². The molecular formula is C19H28N4O2. The number of nitriles is 2. The van der Waals surface area contributed by atoms with Crippen molar-refractivity contribution in [1.29, 1.82) is 10.5 Å². The van der Waals surface area contributed by atoms with E-state index >= 15 is 0 Å². The van der Waals surface area contributed by atoms with Crippen LogP contribution in [0.3, 0.4) is 0 Å². The predicted molar refractivity (Wildman–Crippen MR) is 93.0 cm³/mol. The van der Waals surface area contributed by atoms with Gasteiger partial charge in [0.25, 0.3) is 5.91 Å². The minimum atomic E-state index is -0.785. The average Bonchev–Trinajstić information content (AvgIpc) is 2.82. The summed E-state index contributed by atoms with van der Waals surface area (Å²) in [6.45, 7) is 6.81. The minimum absolute atomic E-state index is 0.0779. The first-order chi connectivity index (χ1) is 11.8. The van der Waals surface area contributed by atoms with Gasteiger partial charge >= 0.3 is 6.03 Å². The van der Waals surface area contributed by atoms with Gasteiger partial charge in [-0.3, -0.25) is 9.69 Å². The van der Waals surface area contributed by atoms with Crippen molar-refractivity contribution in [2.75, 3.05) is 6.54 Å². The molecule has 136 valence electrons. The molecule has 0 bridgehead atoms. The van der Waals surface area contributed by atoms with Crippen LogP contribution in [0.25, 0.3) is 0 Å². The largest absolute Gasteiger partial charge is 0.325 e. The number of carbonyl (C=O) groups excluding carboxylic acids is 2. The van der Waals surface area contributed by atoms with Crippen molar-refractivity contribution in [2.45, 2.75) is 71.3 Å². The lowest BCUT2D eigenvalue weighted by molar-refractivity contribution is -0.133. The van der Waals surface area contributed by atoms with E-state index in [0.717, 1.165) is 19.3 Å². The van der Waals surface area contributed by atoms with Gasteiger partial charge in [0.05, 0.1) is 18.1 Å². The van der Waals surface area contributed by atoms with Crippen LogP contribution in [0.5, 0.6) is 0 Å². The topological polar surface area (TPSA) is 97.0 Å². The molecule has 2 aliphatic rings. The molecule has 1 spiro atoms. The lowest BCUT2D eigenvalue weighted by atomic mass is 9.65. The first-order valence-electron chi connectivity index (χ1n) is 9.20. The molecule has 1 aliphatic heterocycles. The van der Waals surface area contributed by atoms with Crippen LogP contribution in [-0.4, -0.2) is 28.9 Å². The quantitative estimate of drug-likeness (QED) is 0.747. The molecule has 3 amide bonds. The molecule has 25 heavy (non-hydrogen) atoms. The zero-order chi connectivity index (χ0) is 18.7. The summed E-state index contributed by atoms with van der Waals surface area (Å²) in [4.78, 5) is 26.4. The van der Waals surface area contributed by atoms with Gasteiger partial charge in [-0.25, -0.2) is 4.79 Å². The second kappa shape index (κ2) is 7.44. The van der Waals surface area contributed by atoms with Gasteiger partial charge in [0.15, 0.2) is 0 Å². The van der Waals surface area contributed by atoms with E-state index in [9.17, 15) is 14.9 Å². The van der Waals surface area contributed by atoms with Crippen molar-refractivity contribution < 1.29 is 9.59 Å². The molecule has 1 heterocycles. The van der Waals surface area contributed by atoms with Gasteiger partial charge in [0.2, 0.25) is 0 Å². The Labute approximate surface area is 150 Å². The van der Waals surface area contributed by atoms with Gasteiger partial charge in [-0.2, -0.15) is 10.5 Å². The van der Waals surface area contributed by atoms with Gasteiger partial charge < -0.3 is 5.32 Å². The Morgan fingerprint density at radius 2 is 1.96 bits per heavy atom. The molecule has 2 fully saturated rings. The molecular weight excluding hydrogens is 316 g/mol. The van der Waals surface area contributed by atoms with Crippen LogP contribution in [-0.2, 0) is 4.79 Å². The molecule has 0 aromatic heterocycles. The van der Waals surface area contributed by atoms with Gasteiger partial charge in [-0.1, -0.05) is 27.2 Å². The maximum absolute atomic E-state index is 12.9. The number of urea groups is 1. The Bertz CT molecular complexity index is 606. The summed E-state index contributed by atoms with van der Waals surface area (Å²) in [7, 11) is 0. The average molecular weight is 344 g/mol. The minimum Gasteiger partial charge on any atom is -0.323 e. The van der Waals surface area contributed by atoms with E-state index < -0.39 is 17.5 Å². The fourth-order valence-electron chi connectivity index (χ4n) is 4.02. The van der Waals surface area contributed by atoms with E-state index in [1.54, 1.807) is 0 Å². The van der Waals surface area contributed by atoms with Crippen molar-refractivity contribution in [2.24, 2.45) is 17.3 Å². The van der Waals surface area contributed by atoms with Crippen molar-refractivity contribution >= 4 is 11.9 Å². The van der Waals surface area contributed by atoms with Gasteiger partial charge in [-0.05, 0) is 43.4 Å². The zero-order valence-electron chi connectivity index (χ0n) is 15.5. The highest BCUT2D eigenvalue weighted by Gasteiger charge is 2.53. The van der Waals surface area contributed by atoms with E-state index in [-0.39, 0.29) is 24.3 Å². The second-order valence-corrected chi connectivity index (χ2v) is 8.07. The molecule has 1 atom stereocenters. The predicted octanol–water partition coefficient (Wildman–Crippen LogP) is 3.35. The Morgan fingerprint density at radius 1 is 1.32 bits per heavy atom. The molecule has 0 radical (unpaired) electrons. The summed E-state index contributed by atoms with van der Waals surface area (Å²) in [5.74, 6) is -0.119. The number of hydrogen-bond acceptors (Lipinski definition) is 4. The normalized spacial score (nSPS) is 27.7. The van der Waals surface area contributed by atoms with Crippen molar-refractivity contribution in [1.82, 2.24) is 10.2 Å². The number of carbonyl (C=O) groups is 2. The van der Waals surface area contributed by atoms with Crippen molar-refractivity contribution in [3.8, 4) is 12.1 Å². The van der Waals surface area contributed by atoms with Crippen LogP contribution >= 0.6 is 0 Å². The third kappa shape index (κ3) is 3.79. The Balaban J connectivity index is 2.04. The van der Waals surface area contributed by atoms with E-state index in [2.05, 4.69) is 32.2 Å². The van der Waals surface area contributed by atoms with E-state index in [0.29, 0.717) is 25.2 Å². The summed E-state index contributed by atoms with van der Waals surface area (Å²) in [5, 5.41) is 20.8. The van der Waals surface area contributed by atoms with E-state index in [1.165, 1.54) is 4.90 Å². The van der Waals surface area contributed by atoms with Gasteiger partial charge in [-0.15, -0.1) is 0 Å². The molecule has 6 nitrogen and oxygen atoms in total. The highest BCUT2D eigenvalue weighted by Crippen LogP contribution is 2.45. The smallest absolute Gasteiger partial charge is 0.323 e. The monoisotopic (exact) mass is 344 g/mol. The Morgan fingerprint density at radius 3 is 2.48 bits per heavy atom. The van der Waals surface area contributed by atoms with Crippen LogP contribution in [0.1, 0.15) is 65.7 Å². The molecule has 1 saturated heterocycles. The molecule has 1 aliphatic carbocycles. The zero-order valence-corrected chi connectivity index (χ0v) is 15.5. The molecule has 6 heteroatoms. The van der Waals surface area contributed by atoms with Crippen LogP contribution in [0.15, 0.2) is 0 Å². The van der Waals surface area contributed by atoms with Crippen LogP contribution in [0.4, 0.5) is 4.79 Å². The lowest BCUT2D eigenvalue weighted by Gasteiger charge is -2.42. The first-order valence-corrected chi connectivity index (χ1v) is 9.20. The number of amides is 3. The SMILES string of the molecule is CCC(C)(C)C1CCC2(CC1)NC(=O)N(C[C@@H](C#N)CCC#N)C2=O. The van der Waals surface area contributed by atoms with Gasteiger partial charge in [0, 0.05) is 13.0 Å². The molecule has 1 N–H and O–H groups in total. The number of nitrogens with zero attached hydrogens (tertiary/aromatic N) is 3. The van der Waals surface area contributed by atoms with Crippen molar-refractivity contribution in [3.05, 3.63) is 0 Å². The molecule has 0 unspecified atom stereocenters. The Kier molecular flexibility index (Phi) is 5.72. The second-order valence-electron chi connectivity index (χ2n) is 8.07. The van der Waals surface area contributed by atoms with E-state index in [4.69, 9.17) is 5.26 Å². The van der Waals surface area contributed by atoms with Crippen molar-refractivity contribution in [3.63, 3.8) is 0 Å². The summed E-state index contributed by atoms with van der Waals surface area (Å²) in [6.07, 6.45) is 4.91. The van der Waals surface area contributed by atoms with Crippen LogP contribution in [0.2, 0.25) is 0 Å². The summed E-state index contributed by atoms with van der Waals surface area (Å²) >= 11 is 0. The van der Waals surface area contributed by atoms with Gasteiger partial charge in [0.1, 0.15) is 5.54 Å². The van der Waals surface area contributed by atoms with Crippen LogP contribution in [0, 0.1) is 39.9 Å². The lowest BCUT2D eigenvalue weighted by Crippen LogP contribution is -2.51.